The Balaban J connectivity index is 1.77. The van der Waals surface area contributed by atoms with Crippen molar-refractivity contribution in [2.75, 3.05) is 10.6 Å². The maximum absolute atomic E-state index is 12.1. The third-order valence-electron chi connectivity index (χ3n) is 3.41. The molecule has 8 heteroatoms. The van der Waals surface area contributed by atoms with Gasteiger partial charge >= 0.3 is 6.03 Å². The van der Waals surface area contributed by atoms with Crippen LogP contribution in [0.1, 0.15) is 5.56 Å². The van der Waals surface area contributed by atoms with Crippen LogP contribution in [0.15, 0.2) is 53.4 Å². The van der Waals surface area contributed by atoms with Gasteiger partial charge in [0.25, 0.3) is 0 Å². The van der Waals surface area contributed by atoms with Crippen LogP contribution in [0, 0.1) is 6.92 Å². The van der Waals surface area contributed by atoms with Gasteiger partial charge in [-0.2, -0.15) is 0 Å². The van der Waals surface area contributed by atoms with E-state index in [1.54, 1.807) is 19.1 Å². The Morgan fingerprint density at radius 2 is 1.83 bits per heavy atom. The van der Waals surface area contributed by atoms with Crippen molar-refractivity contribution >= 4 is 48.2 Å². The normalized spacial score (nSPS) is 11.4. The van der Waals surface area contributed by atoms with Gasteiger partial charge in [-0.05, 0) is 42.1 Å². The molecule has 0 aliphatic heterocycles. The molecule has 3 aromatic rings. The maximum Gasteiger partial charge on any atom is 0.324 e. The summed E-state index contributed by atoms with van der Waals surface area (Å²) in [5.74, 6) is 0. The summed E-state index contributed by atoms with van der Waals surface area (Å²) in [5.41, 5.74) is 0.871. The van der Waals surface area contributed by atoms with E-state index in [1.165, 1.54) is 17.4 Å². The third kappa shape index (κ3) is 3.56. The molecule has 0 fully saturated rings. The van der Waals surface area contributed by atoms with E-state index in [2.05, 4.69) is 10.6 Å². The highest BCUT2D eigenvalue weighted by Gasteiger charge is 2.13. The number of fused-ring (bicyclic) bond motifs is 1. The summed E-state index contributed by atoms with van der Waals surface area (Å²) in [4.78, 5) is 12.1. The van der Waals surface area contributed by atoms with Gasteiger partial charge in [-0.1, -0.05) is 24.3 Å². The SMILES string of the molecule is Cc1ccc(NC(=O)Nc2cc3ccccc3s2)cc1S(N)(=O)=O. The van der Waals surface area contributed by atoms with Crippen LogP contribution in [0.2, 0.25) is 0 Å². The summed E-state index contributed by atoms with van der Waals surface area (Å²) in [6.07, 6.45) is 0. The van der Waals surface area contributed by atoms with E-state index in [4.69, 9.17) is 5.14 Å². The predicted molar refractivity (Wildman–Crippen MR) is 97.0 cm³/mol. The van der Waals surface area contributed by atoms with Crippen molar-refractivity contribution in [3.8, 4) is 0 Å². The number of primary sulfonamides is 1. The number of rotatable bonds is 3. The fraction of sp³-hybridized carbons (Fsp3) is 0.0625. The molecule has 0 saturated heterocycles. The molecule has 0 aliphatic carbocycles. The third-order valence-corrected chi connectivity index (χ3v) is 5.50. The van der Waals surface area contributed by atoms with Gasteiger partial charge < -0.3 is 5.32 Å². The van der Waals surface area contributed by atoms with E-state index >= 15 is 0 Å². The number of carbonyl (C=O) groups excluding carboxylic acids is 1. The lowest BCUT2D eigenvalue weighted by molar-refractivity contribution is 0.262. The van der Waals surface area contributed by atoms with Gasteiger partial charge in [0.2, 0.25) is 10.0 Å². The van der Waals surface area contributed by atoms with Crippen LogP contribution in [-0.2, 0) is 10.0 Å². The topological polar surface area (TPSA) is 101 Å². The average molecular weight is 361 g/mol. The lowest BCUT2D eigenvalue weighted by atomic mass is 10.2. The molecule has 24 heavy (non-hydrogen) atoms. The van der Waals surface area contributed by atoms with Crippen LogP contribution >= 0.6 is 11.3 Å². The monoisotopic (exact) mass is 361 g/mol. The summed E-state index contributed by atoms with van der Waals surface area (Å²) < 4.78 is 24.1. The molecule has 1 heterocycles. The highest BCUT2D eigenvalue weighted by Crippen LogP contribution is 2.29. The first kappa shape index (κ1) is 16.4. The first-order valence-electron chi connectivity index (χ1n) is 7.03. The Morgan fingerprint density at radius 3 is 2.54 bits per heavy atom. The second-order valence-electron chi connectivity index (χ2n) is 5.25. The molecule has 0 saturated carbocycles. The van der Waals surface area contributed by atoms with E-state index in [1.807, 2.05) is 30.3 Å². The van der Waals surface area contributed by atoms with Crippen molar-refractivity contribution in [3.05, 3.63) is 54.1 Å². The molecule has 124 valence electrons. The number of amides is 2. The molecule has 4 N–H and O–H groups in total. The molecule has 0 atom stereocenters. The molecule has 0 bridgehead atoms. The highest BCUT2D eigenvalue weighted by molar-refractivity contribution is 7.89. The van der Waals surface area contributed by atoms with Crippen molar-refractivity contribution < 1.29 is 13.2 Å². The standard InChI is InChI=1S/C16H15N3O3S2/c1-10-6-7-12(9-14(10)24(17,21)22)18-16(20)19-15-8-11-4-2-3-5-13(11)23-15/h2-9H,1H3,(H2,17,21,22)(H2,18,19,20). The number of hydrogen-bond acceptors (Lipinski definition) is 4. The van der Waals surface area contributed by atoms with Crippen LogP contribution in [0.25, 0.3) is 10.1 Å². The largest absolute Gasteiger partial charge is 0.324 e. The molecule has 2 amide bonds. The van der Waals surface area contributed by atoms with Crippen LogP contribution in [0.5, 0.6) is 0 Å². The van der Waals surface area contributed by atoms with Crippen LogP contribution < -0.4 is 15.8 Å². The quantitative estimate of drug-likeness (QED) is 0.665. The minimum absolute atomic E-state index is 0.0119. The molecule has 6 nitrogen and oxygen atoms in total. The molecular weight excluding hydrogens is 346 g/mol. The van der Waals surface area contributed by atoms with Gasteiger partial charge in [0.15, 0.2) is 0 Å². The lowest BCUT2D eigenvalue weighted by Crippen LogP contribution is -2.19. The molecule has 3 rings (SSSR count). The van der Waals surface area contributed by atoms with Crippen molar-refractivity contribution in [1.82, 2.24) is 0 Å². The Bertz CT molecular complexity index is 993. The average Bonchev–Trinajstić information content (AvgIpc) is 2.90. The number of hydrogen-bond donors (Lipinski definition) is 3. The van der Waals surface area contributed by atoms with Crippen molar-refractivity contribution in [2.24, 2.45) is 5.14 Å². The highest BCUT2D eigenvalue weighted by atomic mass is 32.2. The first-order valence-corrected chi connectivity index (χ1v) is 9.39. The van der Waals surface area contributed by atoms with Gasteiger partial charge in [-0.25, -0.2) is 18.4 Å². The summed E-state index contributed by atoms with van der Waals surface area (Å²) in [5, 5.41) is 12.3. The molecule has 0 unspecified atom stereocenters. The van der Waals surface area contributed by atoms with Crippen molar-refractivity contribution in [3.63, 3.8) is 0 Å². The lowest BCUT2D eigenvalue weighted by Gasteiger charge is -2.09. The smallest absolute Gasteiger partial charge is 0.308 e. The van der Waals surface area contributed by atoms with Crippen LogP contribution in [-0.4, -0.2) is 14.4 Å². The number of urea groups is 1. The number of nitrogens with two attached hydrogens (primary N) is 1. The summed E-state index contributed by atoms with van der Waals surface area (Å²) >= 11 is 1.46. The number of thiophene rings is 1. The Kier molecular flexibility index (Phi) is 4.27. The molecule has 0 aliphatic rings. The van der Waals surface area contributed by atoms with Crippen LogP contribution in [0.4, 0.5) is 15.5 Å². The number of anilines is 2. The number of benzene rings is 2. The molecule has 0 spiro atoms. The maximum atomic E-state index is 12.1. The zero-order valence-electron chi connectivity index (χ0n) is 12.7. The Labute approximate surface area is 143 Å². The van der Waals surface area contributed by atoms with E-state index in [0.717, 1.165) is 10.1 Å². The summed E-state index contributed by atoms with van der Waals surface area (Å²) in [7, 11) is -3.84. The van der Waals surface area contributed by atoms with Gasteiger partial charge in [-0.15, -0.1) is 11.3 Å². The second-order valence-corrected chi connectivity index (χ2v) is 7.87. The summed E-state index contributed by atoms with van der Waals surface area (Å²) in [6.45, 7) is 1.64. The fourth-order valence-electron chi connectivity index (χ4n) is 2.30. The number of carbonyl (C=O) groups is 1. The zero-order chi connectivity index (χ0) is 17.3. The fourth-order valence-corrected chi connectivity index (χ4v) is 4.07. The van der Waals surface area contributed by atoms with E-state index in [0.29, 0.717) is 16.3 Å². The van der Waals surface area contributed by atoms with Gasteiger partial charge in [-0.3, -0.25) is 5.32 Å². The molecule has 0 radical (unpaired) electrons. The first-order chi connectivity index (χ1) is 11.3. The molecular formula is C16H15N3O3S2. The number of nitrogens with one attached hydrogen (secondary N) is 2. The van der Waals surface area contributed by atoms with Gasteiger partial charge in [0.05, 0.1) is 9.90 Å². The minimum Gasteiger partial charge on any atom is -0.308 e. The molecule has 2 aromatic carbocycles. The van der Waals surface area contributed by atoms with Crippen molar-refractivity contribution in [1.29, 1.82) is 0 Å². The van der Waals surface area contributed by atoms with Gasteiger partial charge in [0, 0.05) is 10.4 Å². The van der Waals surface area contributed by atoms with E-state index in [9.17, 15) is 13.2 Å². The second kappa shape index (κ2) is 6.23. The predicted octanol–water partition coefficient (Wildman–Crippen LogP) is 3.50. The van der Waals surface area contributed by atoms with E-state index < -0.39 is 16.1 Å². The number of sulfonamides is 1. The van der Waals surface area contributed by atoms with Crippen LogP contribution in [0.3, 0.4) is 0 Å². The minimum atomic E-state index is -3.84. The van der Waals surface area contributed by atoms with Crippen molar-refractivity contribution in [2.45, 2.75) is 11.8 Å². The Morgan fingerprint density at radius 1 is 1.08 bits per heavy atom. The van der Waals surface area contributed by atoms with E-state index in [-0.39, 0.29) is 4.90 Å². The molecule has 1 aromatic heterocycles. The summed E-state index contributed by atoms with van der Waals surface area (Å²) in [6, 6.07) is 13.8. The van der Waals surface area contributed by atoms with Gasteiger partial charge in [0.1, 0.15) is 0 Å². The zero-order valence-corrected chi connectivity index (χ0v) is 14.4. The number of aryl methyl sites for hydroxylation is 1. The Hall–Kier alpha value is -2.42.